The Hall–Kier alpha value is -3.18. The van der Waals surface area contributed by atoms with Gasteiger partial charge in [0.05, 0.1) is 11.4 Å². The number of aliphatic hydroxyl groups is 1. The molecule has 2 atom stereocenters. The summed E-state index contributed by atoms with van der Waals surface area (Å²) in [5, 5.41) is 10.2. The summed E-state index contributed by atoms with van der Waals surface area (Å²) < 4.78 is 9.09. The molecule has 293 valence electrons. The number of halogens is 3. The van der Waals surface area contributed by atoms with Crippen molar-refractivity contribution < 1.29 is 45.1 Å². The topological polar surface area (TPSA) is 93.0 Å². The Labute approximate surface area is 380 Å². The molecular weight excluding hydrogens is 803 g/mol. The molecule has 57 heavy (non-hydrogen) atoms. The van der Waals surface area contributed by atoms with Gasteiger partial charge in [-0.05, 0) is 101 Å². The van der Waals surface area contributed by atoms with Crippen molar-refractivity contribution in [3.63, 3.8) is 0 Å². The number of pyridine rings is 3. The fourth-order valence-electron chi connectivity index (χ4n) is 6.87. The Balaban J connectivity index is 0.000000765. The van der Waals surface area contributed by atoms with Gasteiger partial charge in [-0.15, -0.1) is 11.6 Å². The zero-order valence-corrected chi connectivity index (χ0v) is 34.8. The van der Waals surface area contributed by atoms with Gasteiger partial charge >= 0.3 is 29.6 Å². The number of benzene rings is 3. The minimum Gasteiger partial charge on any atom is -1.00 e. The maximum absolute atomic E-state index is 12.3. The number of aliphatic hydroxyl groups excluding tert-OH is 1. The van der Waals surface area contributed by atoms with Crippen LogP contribution < -0.4 is 29.6 Å². The van der Waals surface area contributed by atoms with Crippen molar-refractivity contribution >= 4 is 56.4 Å². The van der Waals surface area contributed by atoms with Gasteiger partial charge in [-0.1, -0.05) is 113 Å². The van der Waals surface area contributed by atoms with Crippen molar-refractivity contribution in [2.75, 3.05) is 0 Å². The molecule has 12 heteroatoms. The molecule has 2 unspecified atom stereocenters. The molecule has 3 aliphatic rings. The number of nitrogens with zero attached hydrogens (tertiary/aromatic N) is 3. The number of fused-ring (bicyclic) bond motifs is 6. The van der Waals surface area contributed by atoms with Crippen LogP contribution in [0.25, 0.3) is 0 Å². The molecule has 3 aliphatic carbocycles. The summed E-state index contributed by atoms with van der Waals surface area (Å²) >= 11 is 6.52. The third-order valence-corrected chi connectivity index (χ3v) is 9.83. The van der Waals surface area contributed by atoms with E-state index in [9.17, 15) is 9.90 Å². The van der Waals surface area contributed by atoms with E-state index in [-0.39, 0.29) is 72.8 Å². The summed E-state index contributed by atoms with van der Waals surface area (Å²) in [6, 6.07) is 36.2. The Morgan fingerprint density at radius 2 is 0.947 bits per heavy atom. The van der Waals surface area contributed by atoms with Crippen LogP contribution in [0.15, 0.2) is 128 Å². The van der Waals surface area contributed by atoms with Crippen LogP contribution in [0.3, 0.4) is 0 Å². The first-order valence-corrected chi connectivity index (χ1v) is 20.2. The van der Waals surface area contributed by atoms with Crippen LogP contribution in [0, 0.1) is 0 Å². The van der Waals surface area contributed by atoms with Crippen molar-refractivity contribution in [3.8, 4) is 0 Å². The predicted octanol–water partition coefficient (Wildman–Crippen LogP) is 7.87. The summed E-state index contributed by atoms with van der Waals surface area (Å²) in [5.74, 6) is 0.0590. The number of aromatic nitrogens is 3. The monoisotopic (exact) mass is 850 g/mol. The average molecular weight is 852 g/mol. The Bertz CT molecular complexity index is 1980. The molecule has 3 aromatic heterocycles. The molecule has 3 aromatic carbocycles. The maximum atomic E-state index is 12.3. The Kier molecular flexibility index (Phi) is 23.0. The number of hydrogen-bond acceptors (Lipinski definition) is 6. The van der Waals surface area contributed by atoms with Gasteiger partial charge in [0.1, 0.15) is 17.2 Å². The van der Waals surface area contributed by atoms with Crippen LogP contribution in [-0.4, -0.2) is 38.5 Å². The molecule has 1 N–H and O–H groups in total. The van der Waals surface area contributed by atoms with Crippen molar-refractivity contribution in [1.82, 2.24) is 15.0 Å². The average Bonchev–Trinajstić information content (AvgIpc) is 3.49. The van der Waals surface area contributed by atoms with Crippen LogP contribution in [-0.2, 0) is 47.8 Å². The zero-order chi connectivity index (χ0) is 36.5. The van der Waals surface area contributed by atoms with E-state index in [1.165, 1.54) is 22.3 Å². The molecule has 0 amide bonds. The quantitative estimate of drug-likeness (QED) is 0.0951. The van der Waals surface area contributed by atoms with Gasteiger partial charge in [0.25, 0.3) is 0 Å². The van der Waals surface area contributed by atoms with Gasteiger partial charge in [-0.25, -0.2) is 4.21 Å². The van der Waals surface area contributed by atoms with Gasteiger partial charge in [0.2, 0.25) is 15.0 Å². The van der Waals surface area contributed by atoms with Crippen molar-refractivity contribution in [2.24, 2.45) is 0 Å². The summed E-state index contributed by atoms with van der Waals surface area (Å²) in [7, 11) is 7.36. The van der Waals surface area contributed by atoms with Gasteiger partial charge < -0.3 is 6.53 Å². The van der Waals surface area contributed by atoms with Gasteiger partial charge in [-0.3, -0.25) is 19.7 Å². The van der Waals surface area contributed by atoms with E-state index in [0.717, 1.165) is 77.7 Å². The van der Waals surface area contributed by atoms with Crippen molar-refractivity contribution in [2.45, 2.75) is 72.3 Å². The third-order valence-electron chi connectivity index (χ3n) is 9.39. The van der Waals surface area contributed by atoms with E-state index < -0.39 is 15.3 Å². The smallest absolute Gasteiger partial charge is 1.00 e. The molecule has 0 fully saturated rings. The van der Waals surface area contributed by atoms with Gasteiger partial charge in [-0.2, -0.15) is 0 Å². The molecular formula is C45H49BCl3N3NaO3S. The largest absolute Gasteiger partial charge is 1.00 e. The number of alkyl halides is 1. The fraction of sp³-hybridized carbons (Fsp3) is 0.244. The van der Waals surface area contributed by atoms with E-state index in [1.54, 1.807) is 12.4 Å². The molecule has 9 rings (SSSR count). The SMILES string of the molecule is C.C.C.ClC1c2ccccc2CCc2cccnc21.O=C1c2ccccc2CCc2cccnc21.O=S(Cl)Cl.OC1c2ccccc2CCc2cccnc21.[B].[H-].[Na+]. The van der Waals surface area contributed by atoms with Crippen molar-refractivity contribution in [1.29, 1.82) is 0 Å². The van der Waals surface area contributed by atoms with E-state index in [4.69, 9.17) is 15.8 Å². The Morgan fingerprint density at radius 1 is 0.561 bits per heavy atom. The first kappa shape index (κ1) is 51.8. The first-order chi connectivity index (χ1) is 25.3. The van der Waals surface area contributed by atoms with Crippen LogP contribution in [0.4, 0.5) is 0 Å². The van der Waals surface area contributed by atoms with Crippen LogP contribution in [0.5, 0.6) is 0 Å². The minimum atomic E-state index is -1.67. The molecule has 0 aliphatic heterocycles. The number of ketones is 1. The fourth-order valence-corrected chi connectivity index (χ4v) is 7.28. The Morgan fingerprint density at radius 3 is 1.56 bits per heavy atom. The number of carbonyl (C=O) groups excluding carboxylic acids is 1. The zero-order valence-electron chi connectivity index (χ0n) is 30.7. The number of aryl methyl sites for hydroxylation is 6. The molecule has 6 aromatic rings. The van der Waals surface area contributed by atoms with Gasteiger partial charge in [0, 0.05) is 53.9 Å². The van der Waals surface area contributed by atoms with E-state index in [0.29, 0.717) is 5.69 Å². The molecule has 0 bridgehead atoms. The summed E-state index contributed by atoms with van der Waals surface area (Å²) in [5.41, 5.74) is 12.7. The van der Waals surface area contributed by atoms with Gasteiger partial charge in [0.15, 0.2) is 0 Å². The number of rotatable bonds is 0. The third kappa shape index (κ3) is 13.2. The van der Waals surface area contributed by atoms with Crippen LogP contribution in [0.1, 0.15) is 107 Å². The molecule has 0 saturated heterocycles. The van der Waals surface area contributed by atoms with E-state index in [2.05, 4.69) is 72.7 Å². The maximum Gasteiger partial charge on any atom is 1.00 e. The second kappa shape index (κ2) is 25.3. The standard InChI is InChI=1S/C14H12ClN.C14H13NO.C14H11NO.3CH4.B.Cl2OS.Na.H/c15-13-12-6-2-1-4-10(12)7-8-11-5-3-9-16-14(11)13;2*16-14-12-6-2-1-4-10(12)7-8-11-5-3-9-15-13(11)14;;;;;1-4(2)3;;/h1-6,9,13H,7-8H2;1-6,9,14,16H,7-8H2;1-6,9H,7-8H2;3*1H4;;;;/q;;;;;;;;+1;-1. The molecule has 6 nitrogen and oxygen atoms in total. The predicted molar refractivity (Wildman–Crippen MR) is 236 cm³/mol. The van der Waals surface area contributed by atoms with Crippen LogP contribution >= 0.6 is 33.0 Å². The van der Waals surface area contributed by atoms with E-state index in [1.807, 2.05) is 79.0 Å². The summed E-state index contributed by atoms with van der Waals surface area (Å²) in [4.78, 5) is 25.2. The molecule has 0 spiro atoms. The van der Waals surface area contributed by atoms with Crippen LogP contribution in [0.2, 0.25) is 0 Å². The van der Waals surface area contributed by atoms with Crippen molar-refractivity contribution in [3.05, 3.63) is 195 Å². The molecule has 3 heterocycles. The second-order valence-corrected chi connectivity index (χ2v) is 15.4. The normalized spacial score (nSPS) is 14.9. The number of carbonyl (C=O) groups is 1. The molecule has 0 saturated carbocycles. The summed E-state index contributed by atoms with van der Waals surface area (Å²) in [6.07, 6.45) is 10.5. The summed E-state index contributed by atoms with van der Waals surface area (Å²) in [6.45, 7) is 0. The second-order valence-electron chi connectivity index (χ2n) is 12.4. The molecule has 3 radical (unpaired) electrons. The van der Waals surface area contributed by atoms with E-state index >= 15 is 0 Å². The first-order valence-electron chi connectivity index (χ1n) is 17.0. The number of hydrogen-bond donors (Lipinski definition) is 1. The minimum absolute atomic E-state index is 0.